The van der Waals surface area contributed by atoms with Gasteiger partial charge in [-0.25, -0.2) is 4.31 Å². The van der Waals surface area contributed by atoms with Crippen LogP contribution < -0.4 is 0 Å². The van der Waals surface area contributed by atoms with Crippen molar-refractivity contribution in [1.82, 2.24) is 19.4 Å². The van der Waals surface area contributed by atoms with Gasteiger partial charge in [0.2, 0.25) is 0 Å². The molecule has 1 aliphatic heterocycles. The second-order valence-corrected chi connectivity index (χ2v) is 10.7. The number of aromatic nitrogens is 2. The van der Waals surface area contributed by atoms with Gasteiger partial charge in [-0.05, 0) is 54.3 Å². The van der Waals surface area contributed by atoms with Crippen LogP contribution in [-0.4, -0.2) is 52.5 Å². The molecule has 0 saturated heterocycles. The predicted octanol–water partition coefficient (Wildman–Crippen LogP) is 6.66. The molecule has 0 saturated carbocycles. The summed E-state index contributed by atoms with van der Waals surface area (Å²) in [5, 5.41) is 12.1. The highest BCUT2D eigenvalue weighted by Gasteiger charge is 2.19. The molecule has 166 valence electrons. The van der Waals surface area contributed by atoms with Crippen LogP contribution in [0.5, 0.6) is 0 Å². The minimum absolute atomic E-state index is 0.130. The van der Waals surface area contributed by atoms with Crippen molar-refractivity contribution in [3.05, 3.63) is 68.1 Å². The lowest BCUT2D eigenvalue weighted by molar-refractivity contribution is 0.0828. The minimum atomic E-state index is -0.130. The fourth-order valence-electron chi connectivity index (χ4n) is 3.15. The van der Waals surface area contributed by atoms with Crippen molar-refractivity contribution >= 4 is 69.6 Å². The van der Waals surface area contributed by atoms with Gasteiger partial charge in [-0.2, -0.15) is 0 Å². The van der Waals surface area contributed by atoms with Crippen LogP contribution in [0.1, 0.15) is 21.8 Å². The molecule has 10 heteroatoms. The Morgan fingerprint density at radius 2 is 1.84 bits per heavy atom. The highest BCUT2D eigenvalue weighted by atomic mass is 35.5. The number of benzene rings is 2. The zero-order valence-corrected chi connectivity index (χ0v) is 21.2. The smallest absolute Gasteiger partial charge is 0.254 e. The molecule has 2 heterocycles. The molecule has 0 aliphatic carbocycles. The first-order chi connectivity index (χ1) is 15.3. The van der Waals surface area contributed by atoms with Gasteiger partial charge in [0.05, 0.1) is 15.6 Å². The monoisotopic (exact) mass is 524 g/mol. The Balaban J connectivity index is 1.45. The summed E-state index contributed by atoms with van der Waals surface area (Å²) < 4.78 is 2.25. The maximum atomic E-state index is 12.2. The summed E-state index contributed by atoms with van der Waals surface area (Å²) in [5.74, 6) is -0.130. The van der Waals surface area contributed by atoms with Crippen LogP contribution in [0.2, 0.25) is 15.1 Å². The maximum Gasteiger partial charge on any atom is 0.254 e. The second kappa shape index (κ2) is 10.1. The lowest BCUT2D eigenvalue weighted by atomic mass is 10.1. The zero-order valence-electron chi connectivity index (χ0n) is 17.3. The van der Waals surface area contributed by atoms with Crippen LogP contribution in [0.25, 0.3) is 16.1 Å². The minimum Gasteiger partial charge on any atom is -0.345 e. The third-order valence-corrected chi connectivity index (χ3v) is 8.01. The Morgan fingerprint density at radius 1 is 1.06 bits per heavy atom. The summed E-state index contributed by atoms with van der Waals surface area (Å²) in [6, 6.07) is 10.9. The molecule has 0 N–H and O–H groups in total. The van der Waals surface area contributed by atoms with E-state index in [0.29, 0.717) is 20.6 Å². The van der Waals surface area contributed by atoms with Gasteiger partial charge in [0.15, 0.2) is 0 Å². The number of carbonyl (C=O) groups excluding carboxylic acids is 1. The van der Waals surface area contributed by atoms with E-state index < -0.39 is 0 Å². The van der Waals surface area contributed by atoms with Gasteiger partial charge in [0.1, 0.15) is 10.0 Å². The van der Waals surface area contributed by atoms with Gasteiger partial charge >= 0.3 is 0 Å². The first-order valence-corrected chi connectivity index (χ1v) is 12.5. The van der Waals surface area contributed by atoms with Crippen LogP contribution in [-0.2, 0) is 0 Å². The zero-order chi connectivity index (χ0) is 22.8. The molecule has 32 heavy (non-hydrogen) atoms. The SMILES string of the molecule is CN(C)C(=O)c1ccc(-c2nnc(C3=CCN(Sc4ccc(Cl)cc4Cl)CC3)s2)cc1Cl. The molecule has 1 aromatic heterocycles. The van der Waals surface area contributed by atoms with E-state index in [1.165, 1.54) is 21.8 Å². The summed E-state index contributed by atoms with van der Waals surface area (Å²) in [4.78, 5) is 14.7. The average Bonchev–Trinajstić information content (AvgIpc) is 3.26. The number of halogens is 3. The van der Waals surface area contributed by atoms with E-state index in [1.807, 2.05) is 18.2 Å². The molecule has 4 rings (SSSR count). The van der Waals surface area contributed by atoms with Crippen molar-refractivity contribution in [2.45, 2.75) is 11.3 Å². The Labute approximate surface area is 210 Å². The lowest BCUT2D eigenvalue weighted by Crippen LogP contribution is -2.21. The molecule has 0 radical (unpaired) electrons. The molecular formula is C22H19Cl3N4OS2. The molecule has 0 fully saturated rings. The summed E-state index contributed by atoms with van der Waals surface area (Å²) in [6.07, 6.45) is 3.04. The van der Waals surface area contributed by atoms with Gasteiger partial charge < -0.3 is 4.90 Å². The summed E-state index contributed by atoms with van der Waals surface area (Å²) >= 11 is 21.8. The van der Waals surface area contributed by atoms with Crippen LogP contribution >= 0.6 is 58.1 Å². The quantitative estimate of drug-likeness (QED) is 0.348. The van der Waals surface area contributed by atoms with Crippen LogP contribution in [0, 0.1) is 0 Å². The topological polar surface area (TPSA) is 49.3 Å². The molecule has 0 atom stereocenters. The van der Waals surface area contributed by atoms with Gasteiger partial charge in [-0.1, -0.05) is 58.3 Å². The fraction of sp³-hybridized carbons (Fsp3) is 0.227. The largest absolute Gasteiger partial charge is 0.345 e. The van der Waals surface area contributed by atoms with Gasteiger partial charge in [-0.3, -0.25) is 4.79 Å². The Morgan fingerprint density at radius 3 is 2.50 bits per heavy atom. The predicted molar refractivity (Wildman–Crippen MR) is 135 cm³/mol. The maximum absolute atomic E-state index is 12.2. The average molecular weight is 526 g/mol. The standard InChI is InChI=1S/C22H19Cl3N4OS2/c1-28(2)22(30)16-5-3-14(11-17(16)24)21-27-26-20(31-21)13-7-9-29(10-8-13)32-19-6-4-15(23)12-18(19)25/h3-7,11-12H,8-10H2,1-2H3. The number of carbonyl (C=O) groups is 1. The van der Waals surface area contributed by atoms with Crippen LogP contribution in [0.15, 0.2) is 47.4 Å². The van der Waals surface area contributed by atoms with Gasteiger partial charge in [0, 0.05) is 42.7 Å². The number of amides is 1. The summed E-state index contributed by atoms with van der Waals surface area (Å²) in [5.41, 5.74) is 2.50. The Hall–Kier alpha value is -1.61. The summed E-state index contributed by atoms with van der Waals surface area (Å²) in [6.45, 7) is 1.65. The van der Waals surface area contributed by atoms with E-state index in [2.05, 4.69) is 20.6 Å². The normalized spacial score (nSPS) is 14.3. The fourth-order valence-corrected chi connectivity index (χ4v) is 5.71. The first kappa shape index (κ1) is 23.5. The number of rotatable bonds is 5. The van der Waals surface area contributed by atoms with Crippen molar-refractivity contribution in [2.24, 2.45) is 0 Å². The van der Waals surface area contributed by atoms with Gasteiger partial charge in [-0.15, -0.1) is 10.2 Å². The third-order valence-electron chi connectivity index (χ3n) is 4.85. The van der Waals surface area contributed by atoms with Crippen molar-refractivity contribution in [3.8, 4) is 10.6 Å². The van der Waals surface area contributed by atoms with Gasteiger partial charge in [0.25, 0.3) is 5.91 Å². The molecule has 2 aromatic carbocycles. The highest BCUT2D eigenvalue weighted by molar-refractivity contribution is 7.97. The van der Waals surface area contributed by atoms with Crippen LogP contribution in [0.4, 0.5) is 0 Å². The third kappa shape index (κ3) is 5.30. The van der Waals surface area contributed by atoms with Crippen molar-refractivity contribution in [3.63, 3.8) is 0 Å². The Bertz CT molecular complexity index is 1200. The highest BCUT2D eigenvalue weighted by Crippen LogP contribution is 2.36. The molecular weight excluding hydrogens is 507 g/mol. The number of hydrogen-bond donors (Lipinski definition) is 0. The molecule has 3 aromatic rings. The Kier molecular flexibility index (Phi) is 7.44. The molecule has 1 amide bonds. The number of nitrogens with zero attached hydrogens (tertiary/aromatic N) is 4. The molecule has 5 nitrogen and oxygen atoms in total. The molecule has 0 bridgehead atoms. The van der Waals surface area contributed by atoms with Crippen LogP contribution in [0.3, 0.4) is 0 Å². The number of hydrogen-bond acceptors (Lipinski definition) is 6. The van der Waals surface area contributed by atoms with E-state index in [1.54, 1.807) is 44.2 Å². The van der Waals surface area contributed by atoms with E-state index in [0.717, 1.165) is 40.0 Å². The molecule has 0 spiro atoms. The lowest BCUT2D eigenvalue weighted by Gasteiger charge is -2.24. The molecule has 0 unspecified atom stereocenters. The van der Waals surface area contributed by atoms with Crippen molar-refractivity contribution < 1.29 is 4.79 Å². The van der Waals surface area contributed by atoms with E-state index in [4.69, 9.17) is 34.8 Å². The van der Waals surface area contributed by atoms with E-state index >= 15 is 0 Å². The first-order valence-electron chi connectivity index (χ1n) is 9.74. The van der Waals surface area contributed by atoms with Crippen molar-refractivity contribution in [1.29, 1.82) is 0 Å². The molecule has 1 aliphatic rings. The second-order valence-electron chi connectivity index (χ2n) is 7.34. The van der Waals surface area contributed by atoms with Crippen molar-refractivity contribution in [2.75, 3.05) is 27.2 Å². The van der Waals surface area contributed by atoms with E-state index in [-0.39, 0.29) is 5.91 Å². The van der Waals surface area contributed by atoms with E-state index in [9.17, 15) is 4.79 Å². The summed E-state index contributed by atoms with van der Waals surface area (Å²) in [7, 11) is 3.40.